The van der Waals surface area contributed by atoms with Crippen molar-refractivity contribution in [2.45, 2.75) is 19.8 Å². The fraction of sp³-hybridized carbons (Fsp3) is 0.545. The molecule has 0 bridgehead atoms. The topological polar surface area (TPSA) is 48.7 Å². The van der Waals surface area contributed by atoms with E-state index in [4.69, 9.17) is 12.2 Å². The Morgan fingerprint density at radius 2 is 2.33 bits per heavy atom. The molecule has 0 aliphatic carbocycles. The number of hydrogen-bond donors (Lipinski definition) is 1. The highest BCUT2D eigenvalue weighted by molar-refractivity contribution is 7.80. The maximum Gasteiger partial charge on any atom is 0.195 e. The first kappa shape index (κ1) is 11.5. The fourth-order valence-electron chi connectivity index (χ4n) is 2.28. The molecular formula is C11H16N6S. The van der Waals surface area contributed by atoms with Gasteiger partial charge >= 0.3 is 0 Å². The summed E-state index contributed by atoms with van der Waals surface area (Å²) in [6, 6.07) is 0. The predicted octanol–water partition coefficient (Wildman–Crippen LogP) is -0.716. The average molecular weight is 264 g/mol. The maximum absolute atomic E-state index is 5.35. The molecular weight excluding hydrogens is 248 g/mol. The average Bonchev–Trinajstić information content (AvgIpc) is 2.89. The van der Waals surface area contributed by atoms with E-state index in [1.165, 1.54) is 0 Å². The molecule has 0 atom stereocenters. The Morgan fingerprint density at radius 1 is 1.50 bits per heavy atom. The molecule has 0 aromatic carbocycles. The van der Waals surface area contributed by atoms with Gasteiger partial charge in [0.1, 0.15) is 12.5 Å². The molecule has 0 saturated carbocycles. The van der Waals surface area contributed by atoms with Crippen molar-refractivity contribution in [1.29, 1.82) is 0 Å². The number of thiocarbonyl (C=S) groups is 1. The van der Waals surface area contributed by atoms with Crippen LogP contribution in [0, 0.1) is 0 Å². The summed E-state index contributed by atoms with van der Waals surface area (Å²) >= 11 is 5.35. The van der Waals surface area contributed by atoms with Crippen LogP contribution in [0.2, 0.25) is 0 Å². The summed E-state index contributed by atoms with van der Waals surface area (Å²) in [6.45, 7) is 3.69. The van der Waals surface area contributed by atoms with E-state index in [-0.39, 0.29) is 0 Å². The minimum atomic E-state index is 0.566. The van der Waals surface area contributed by atoms with Crippen molar-refractivity contribution in [2.24, 2.45) is 12.0 Å². The van der Waals surface area contributed by atoms with Crippen LogP contribution in [0.5, 0.6) is 0 Å². The molecule has 1 fully saturated rings. The number of nitrogens with zero attached hydrogens (tertiary/aromatic N) is 5. The second-order valence-corrected chi connectivity index (χ2v) is 4.87. The zero-order valence-corrected chi connectivity index (χ0v) is 11.4. The lowest BCUT2D eigenvalue weighted by Crippen LogP contribution is -2.43. The lowest BCUT2D eigenvalue weighted by atomic mass is 10.3. The molecule has 7 heteroatoms. The van der Waals surface area contributed by atoms with Gasteiger partial charge in [0.05, 0.1) is 11.4 Å². The highest BCUT2D eigenvalue weighted by Crippen LogP contribution is 2.18. The molecule has 0 unspecified atom stereocenters. The summed E-state index contributed by atoms with van der Waals surface area (Å²) in [6.07, 6.45) is 4.14. The summed E-state index contributed by atoms with van der Waals surface area (Å²) in [5, 5.41) is 8.16. The van der Waals surface area contributed by atoms with Gasteiger partial charge in [0.2, 0.25) is 0 Å². The van der Waals surface area contributed by atoms with E-state index in [0.29, 0.717) is 6.67 Å². The van der Waals surface area contributed by atoms with Gasteiger partial charge in [-0.05, 0) is 18.6 Å². The molecule has 2 aliphatic heterocycles. The van der Waals surface area contributed by atoms with Crippen molar-refractivity contribution in [3.05, 3.63) is 16.9 Å². The molecule has 18 heavy (non-hydrogen) atoms. The van der Waals surface area contributed by atoms with Crippen LogP contribution in [0.3, 0.4) is 0 Å². The van der Waals surface area contributed by atoms with Crippen molar-refractivity contribution in [2.75, 3.05) is 13.2 Å². The summed E-state index contributed by atoms with van der Waals surface area (Å²) in [5.74, 6) is 1.09. The number of rotatable bonds is 3. The molecule has 3 heterocycles. The Balaban J connectivity index is 2.12. The lowest BCUT2D eigenvalue weighted by Gasteiger charge is -2.22. The molecule has 2 aliphatic rings. The Morgan fingerprint density at radius 3 is 3.11 bits per heavy atom. The largest absolute Gasteiger partial charge is 0.281 e. The molecule has 0 amide bonds. The van der Waals surface area contributed by atoms with Crippen LogP contribution in [0.25, 0.3) is 5.82 Å². The highest BCUT2D eigenvalue weighted by atomic mass is 32.1. The molecule has 3 rings (SSSR count). The number of fused-ring (bicyclic) bond motifs is 2. The van der Waals surface area contributed by atoms with Crippen LogP contribution in [0.4, 0.5) is 0 Å². The van der Waals surface area contributed by atoms with Crippen LogP contribution in [-0.4, -0.2) is 38.0 Å². The Bertz CT molecular complexity index is 604. The van der Waals surface area contributed by atoms with Crippen LogP contribution in [0.1, 0.15) is 19.8 Å². The summed E-state index contributed by atoms with van der Waals surface area (Å²) < 4.78 is 1.80. The number of nitrogens with one attached hydrogen (secondary N) is 1. The Kier molecular flexibility index (Phi) is 2.70. The van der Waals surface area contributed by atoms with E-state index in [2.05, 4.69) is 27.4 Å². The third kappa shape index (κ3) is 1.58. The third-order valence-corrected chi connectivity index (χ3v) is 3.54. The van der Waals surface area contributed by atoms with Gasteiger partial charge in [0.15, 0.2) is 10.6 Å². The van der Waals surface area contributed by atoms with Gasteiger partial charge in [-0.3, -0.25) is 20.0 Å². The lowest BCUT2D eigenvalue weighted by molar-refractivity contribution is 0.344. The first-order valence-corrected chi connectivity index (χ1v) is 6.55. The monoisotopic (exact) mass is 264 g/mol. The van der Waals surface area contributed by atoms with Crippen LogP contribution in [-0.2, 0) is 7.05 Å². The van der Waals surface area contributed by atoms with Gasteiger partial charge in [0.25, 0.3) is 0 Å². The molecule has 0 spiro atoms. The SMILES string of the molecule is CCCCN1NC(=S)N2CN=c3c(cnn3C)=C12. The molecule has 96 valence electrons. The molecule has 0 radical (unpaired) electrons. The molecule has 1 aromatic heterocycles. The van der Waals surface area contributed by atoms with E-state index >= 15 is 0 Å². The second kappa shape index (κ2) is 4.24. The van der Waals surface area contributed by atoms with Crippen molar-refractivity contribution >= 4 is 23.2 Å². The smallest absolute Gasteiger partial charge is 0.195 e. The number of hydrazine groups is 1. The van der Waals surface area contributed by atoms with E-state index in [1.807, 2.05) is 18.1 Å². The standard InChI is InChI=1S/C11H16N6S/c1-3-4-5-17-10-8-6-13-15(2)9(8)12-7-16(10)11(18)14-17/h6H,3-5,7H2,1-2H3,(H,14,18). The maximum atomic E-state index is 5.35. The Hall–Kier alpha value is -1.63. The van der Waals surface area contributed by atoms with Crippen LogP contribution in [0.15, 0.2) is 11.2 Å². The van der Waals surface area contributed by atoms with Crippen molar-refractivity contribution in [3.8, 4) is 0 Å². The quantitative estimate of drug-likeness (QED) is 0.731. The van der Waals surface area contributed by atoms with Gasteiger partial charge in [-0.2, -0.15) is 5.10 Å². The van der Waals surface area contributed by atoms with Crippen molar-refractivity contribution < 1.29 is 0 Å². The minimum Gasteiger partial charge on any atom is -0.281 e. The van der Waals surface area contributed by atoms with Crippen molar-refractivity contribution in [3.63, 3.8) is 0 Å². The van der Waals surface area contributed by atoms with E-state index in [0.717, 1.165) is 41.0 Å². The predicted molar refractivity (Wildman–Crippen MR) is 71.5 cm³/mol. The second-order valence-electron chi connectivity index (χ2n) is 4.48. The number of aromatic nitrogens is 2. The molecule has 1 saturated heterocycles. The number of unbranched alkanes of at least 4 members (excludes halogenated alkanes) is 1. The first-order chi connectivity index (χ1) is 8.72. The van der Waals surface area contributed by atoms with Gasteiger partial charge in [-0.1, -0.05) is 13.3 Å². The fourth-order valence-corrected chi connectivity index (χ4v) is 2.54. The molecule has 6 nitrogen and oxygen atoms in total. The number of hydrogen-bond acceptors (Lipinski definition) is 4. The van der Waals surface area contributed by atoms with E-state index in [1.54, 1.807) is 4.68 Å². The number of aryl methyl sites for hydroxylation is 1. The normalized spacial score (nSPS) is 17.4. The van der Waals surface area contributed by atoms with Gasteiger partial charge in [-0.15, -0.1) is 0 Å². The molecule has 1 aromatic rings. The third-order valence-electron chi connectivity index (χ3n) is 3.23. The van der Waals surface area contributed by atoms with E-state index in [9.17, 15) is 0 Å². The van der Waals surface area contributed by atoms with Crippen LogP contribution < -0.4 is 16.1 Å². The minimum absolute atomic E-state index is 0.566. The first-order valence-electron chi connectivity index (χ1n) is 6.15. The van der Waals surface area contributed by atoms with Gasteiger partial charge in [-0.25, -0.2) is 4.99 Å². The summed E-state index contributed by atoms with van der Waals surface area (Å²) in [4.78, 5) is 6.53. The van der Waals surface area contributed by atoms with Crippen LogP contribution >= 0.6 is 12.2 Å². The van der Waals surface area contributed by atoms with Gasteiger partial charge in [0, 0.05) is 13.6 Å². The van der Waals surface area contributed by atoms with Gasteiger partial charge < -0.3 is 0 Å². The molecule has 1 N–H and O–H groups in total. The van der Waals surface area contributed by atoms with Crippen molar-refractivity contribution in [1.82, 2.24) is 25.1 Å². The summed E-state index contributed by atoms with van der Waals surface area (Å²) in [5.41, 5.74) is 4.16. The highest BCUT2D eigenvalue weighted by Gasteiger charge is 2.31. The Labute approximate surface area is 111 Å². The summed E-state index contributed by atoms with van der Waals surface area (Å²) in [7, 11) is 1.91. The zero-order chi connectivity index (χ0) is 12.7. The zero-order valence-electron chi connectivity index (χ0n) is 10.6. The van der Waals surface area contributed by atoms with E-state index < -0.39 is 0 Å².